The predicted octanol–water partition coefficient (Wildman–Crippen LogP) is 2.88. The lowest BCUT2D eigenvalue weighted by Crippen LogP contribution is -2.37. The third-order valence-electron chi connectivity index (χ3n) is 5.30. The summed E-state index contributed by atoms with van der Waals surface area (Å²) in [5.74, 6) is 0.0302. The summed E-state index contributed by atoms with van der Waals surface area (Å²) < 4.78 is 16.1. The van der Waals surface area contributed by atoms with Crippen molar-refractivity contribution in [2.24, 2.45) is 0 Å². The molecule has 0 fully saturated rings. The minimum absolute atomic E-state index is 0.0627. The van der Waals surface area contributed by atoms with Crippen molar-refractivity contribution in [3.8, 4) is 0 Å². The topological polar surface area (TPSA) is 63.9 Å². The number of carbonyl (C=O) groups excluding carboxylic acids is 1. The van der Waals surface area contributed by atoms with Gasteiger partial charge >= 0.3 is 0 Å². The van der Waals surface area contributed by atoms with E-state index >= 15 is 0 Å². The molecule has 0 spiro atoms. The number of alkyl halides is 1. The van der Waals surface area contributed by atoms with Crippen LogP contribution >= 0.6 is 0 Å². The van der Waals surface area contributed by atoms with E-state index in [1.165, 1.54) is 0 Å². The van der Waals surface area contributed by atoms with Crippen LogP contribution in [0.15, 0.2) is 48.7 Å². The number of hydrogen-bond acceptors (Lipinski definition) is 4. The molecule has 0 radical (unpaired) electrons. The molecule has 2 aliphatic rings. The van der Waals surface area contributed by atoms with Gasteiger partial charge in [0.1, 0.15) is 0 Å². The van der Waals surface area contributed by atoms with Crippen LogP contribution in [0.2, 0.25) is 0 Å². The maximum atomic E-state index is 14.5. The van der Waals surface area contributed by atoms with Crippen molar-refractivity contribution < 1.29 is 9.18 Å². The Bertz CT molecular complexity index is 1000. The van der Waals surface area contributed by atoms with Gasteiger partial charge in [-0.05, 0) is 23.6 Å². The first-order chi connectivity index (χ1) is 13.2. The molecule has 0 saturated heterocycles. The van der Waals surface area contributed by atoms with Crippen molar-refractivity contribution in [1.82, 2.24) is 24.6 Å². The van der Waals surface area contributed by atoms with Gasteiger partial charge in [0.25, 0.3) is 5.91 Å². The number of rotatable bonds is 2. The number of fused-ring (bicyclic) bond motifs is 2. The van der Waals surface area contributed by atoms with Crippen LogP contribution in [0.1, 0.15) is 51.9 Å². The Morgan fingerprint density at radius 3 is 2.85 bits per heavy atom. The highest BCUT2D eigenvalue weighted by atomic mass is 19.1. The van der Waals surface area contributed by atoms with Crippen LogP contribution in [-0.4, -0.2) is 37.1 Å². The van der Waals surface area contributed by atoms with Crippen LogP contribution in [0.4, 0.5) is 4.39 Å². The van der Waals surface area contributed by atoms with E-state index in [1.807, 2.05) is 42.5 Å². The quantitative estimate of drug-likeness (QED) is 0.702. The van der Waals surface area contributed by atoms with Crippen molar-refractivity contribution in [2.75, 3.05) is 6.54 Å². The second-order valence-electron chi connectivity index (χ2n) is 6.95. The summed E-state index contributed by atoms with van der Waals surface area (Å²) in [4.78, 5) is 23.2. The van der Waals surface area contributed by atoms with E-state index in [2.05, 4.69) is 15.1 Å². The fourth-order valence-electron chi connectivity index (χ4n) is 3.89. The summed E-state index contributed by atoms with van der Waals surface area (Å²) in [5.41, 5.74) is 3.03. The molecule has 1 aromatic carbocycles. The van der Waals surface area contributed by atoms with Crippen LogP contribution in [0.5, 0.6) is 0 Å². The molecule has 4 heterocycles. The number of halogens is 1. The van der Waals surface area contributed by atoms with Crippen molar-refractivity contribution in [3.05, 3.63) is 77.1 Å². The molecule has 2 aromatic heterocycles. The van der Waals surface area contributed by atoms with Crippen molar-refractivity contribution >= 4 is 5.91 Å². The molecule has 27 heavy (non-hydrogen) atoms. The minimum atomic E-state index is -1.21. The molecule has 7 heteroatoms. The highest BCUT2D eigenvalue weighted by molar-refractivity contribution is 5.90. The Hall–Kier alpha value is -3.09. The van der Waals surface area contributed by atoms with Crippen LogP contribution in [0.25, 0.3) is 0 Å². The molecular formula is C20H18FN5O. The lowest BCUT2D eigenvalue weighted by Gasteiger charge is -2.27. The summed E-state index contributed by atoms with van der Waals surface area (Å²) in [5, 5.41) is 4.38. The number of aromatic nitrogens is 4. The number of nitrogens with zero attached hydrogens (tertiary/aromatic N) is 5. The van der Waals surface area contributed by atoms with E-state index in [9.17, 15) is 9.18 Å². The summed E-state index contributed by atoms with van der Waals surface area (Å²) in [6.07, 6.45) is 1.57. The molecule has 0 bridgehead atoms. The SMILES string of the molecule is O=C(c1nc2n(n1)C(c1ccccc1)CC2F)N1CCc2cccnc2C1. The maximum absolute atomic E-state index is 14.5. The molecule has 2 unspecified atom stereocenters. The molecule has 2 aliphatic heterocycles. The van der Waals surface area contributed by atoms with E-state index in [4.69, 9.17) is 0 Å². The smallest absolute Gasteiger partial charge is 0.293 e. The van der Waals surface area contributed by atoms with Gasteiger partial charge in [0.15, 0.2) is 12.0 Å². The average Bonchev–Trinajstić information content (AvgIpc) is 3.28. The maximum Gasteiger partial charge on any atom is 0.293 e. The zero-order valence-electron chi connectivity index (χ0n) is 14.6. The van der Waals surface area contributed by atoms with Gasteiger partial charge in [-0.3, -0.25) is 9.78 Å². The first-order valence-corrected chi connectivity index (χ1v) is 9.08. The average molecular weight is 363 g/mol. The lowest BCUT2D eigenvalue weighted by atomic mass is 10.0. The van der Waals surface area contributed by atoms with E-state index in [0.717, 1.165) is 23.2 Å². The monoisotopic (exact) mass is 363 g/mol. The van der Waals surface area contributed by atoms with Crippen LogP contribution in [0.3, 0.4) is 0 Å². The second kappa shape index (κ2) is 6.26. The van der Waals surface area contributed by atoms with Crippen molar-refractivity contribution in [3.63, 3.8) is 0 Å². The molecule has 0 aliphatic carbocycles. The van der Waals surface area contributed by atoms with Gasteiger partial charge in [0.05, 0.1) is 18.3 Å². The molecule has 1 amide bonds. The van der Waals surface area contributed by atoms with E-state index in [0.29, 0.717) is 19.5 Å². The molecular weight excluding hydrogens is 345 g/mol. The Balaban J connectivity index is 1.43. The van der Waals surface area contributed by atoms with Gasteiger partial charge in [-0.15, -0.1) is 5.10 Å². The zero-order chi connectivity index (χ0) is 18.4. The molecule has 5 rings (SSSR count). The second-order valence-corrected chi connectivity index (χ2v) is 6.95. The summed E-state index contributed by atoms with van der Waals surface area (Å²) in [6, 6.07) is 13.4. The third-order valence-corrected chi connectivity index (χ3v) is 5.30. The highest BCUT2D eigenvalue weighted by Gasteiger charge is 2.37. The van der Waals surface area contributed by atoms with E-state index in [-0.39, 0.29) is 23.6 Å². The van der Waals surface area contributed by atoms with Crippen LogP contribution in [0, 0.1) is 0 Å². The molecule has 2 atom stereocenters. The first kappa shape index (κ1) is 16.1. The van der Waals surface area contributed by atoms with E-state index < -0.39 is 6.17 Å². The number of amides is 1. The lowest BCUT2D eigenvalue weighted by molar-refractivity contribution is 0.0718. The molecule has 0 saturated carbocycles. The zero-order valence-corrected chi connectivity index (χ0v) is 14.6. The van der Waals surface area contributed by atoms with Gasteiger partial charge < -0.3 is 4.90 Å². The Morgan fingerprint density at radius 2 is 2.00 bits per heavy atom. The molecule has 3 aromatic rings. The Labute approximate surface area is 155 Å². The van der Waals surface area contributed by atoms with Gasteiger partial charge in [0, 0.05) is 19.2 Å². The normalized spacial score (nSPS) is 21.0. The summed E-state index contributed by atoms with van der Waals surface area (Å²) in [7, 11) is 0. The minimum Gasteiger partial charge on any atom is -0.330 e. The van der Waals surface area contributed by atoms with Gasteiger partial charge in [-0.1, -0.05) is 36.4 Å². The first-order valence-electron chi connectivity index (χ1n) is 9.08. The number of carbonyl (C=O) groups is 1. The fourth-order valence-corrected chi connectivity index (χ4v) is 3.89. The number of pyridine rings is 1. The van der Waals surface area contributed by atoms with Gasteiger partial charge in [-0.25, -0.2) is 14.1 Å². The van der Waals surface area contributed by atoms with Gasteiger partial charge in [0.2, 0.25) is 5.82 Å². The van der Waals surface area contributed by atoms with Crippen LogP contribution < -0.4 is 0 Å². The summed E-state index contributed by atoms with van der Waals surface area (Å²) >= 11 is 0. The van der Waals surface area contributed by atoms with E-state index in [1.54, 1.807) is 15.8 Å². The van der Waals surface area contributed by atoms with Crippen LogP contribution in [-0.2, 0) is 13.0 Å². The molecule has 0 N–H and O–H groups in total. The number of benzene rings is 1. The fraction of sp³-hybridized carbons (Fsp3) is 0.300. The van der Waals surface area contributed by atoms with Gasteiger partial charge in [-0.2, -0.15) is 0 Å². The largest absolute Gasteiger partial charge is 0.330 e. The highest BCUT2D eigenvalue weighted by Crippen LogP contribution is 2.39. The standard InChI is InChI=1S/C20H18FN5O/c21-15-11-17(14-5-2-1-3-6-14)26-19(15)23-18(24-26)20(27)25-10-8-13-7-4-9-22-16(13)12-25/h1-7,9,15,17H,8,10-12H2. The third kappa shape index (κ3) is 2.70. The molecule has 6 nitrogen and oxygen atoms in total. The number of hydrogen-bond donors (Lipinski definition) is 0. The molecule has 136 valence electrons. The Morgan fingerprint density at radius 1 is 1.15 bits per heavy atom. The van der Waals surface area contributed by atoms with Crippen molar-refractivity contribution in [1.29, 1.82) is 0 Å². The van der Waals surface area contributed by atoms with Crippen molar-refractivity contribution in [2.45, 2.75) is 31.6 Å². The predicted molar refractivity (Wildman–Crippen MR) is 95.8 cm³/mol. The Kier molecular flexibility index (Phi) is 3.74. The summed E-state index contributed by atoms with van der Waals surface area (Å²) in [6.45, 7) is 1.02.